The number of hydrogen-bond donors (Lipinski definition) is 1. The van der Waals surface area contributed by atoms with E-state index in [1.807, 2.05) is 140 Å². The molecule has 8 aromatic rings. The maximum Gasteiger partial charge on any atom is 0.294 e. The Labute approximate surface area is 347 Å². The molecule has 0 aliphatic heterocycles. The molecule has 0 radical (unpaired) electrons. The van der Waals surface area contributed by atoms with Gasteiger partial charge >= 0.3 is 0 Å². The lowest BCUT2D eigenvalue weighted by atomic mass is 9.88. The molecule has 9 heteroatoms. The second-order valence-corrected chi connectivity index (χ2v) is 15.9. The number of benzene rings is 7. The summed E-state index contributed by atoms with van der Waals surface area (Å²) < 4.78 is 39.8. The number of aromatic nitrogens is 1. The highest BCUT2D eigenvalue weighted by molar-refractivity contribution is 7.85. The lowest BCUT2D eigenvalue weighted by Gasteiger charge is -2.15. The molecule has 0 aliphatic rings. The molecule has 60 heavy (non-hydrogen) atoms. The Balaban J connectivity index is 1.11. The number of rotatable bonds is 12. The van der Waals surface area contributed by atoms with Gasteiger partial charge in [0, 0.05) is 51.5 Å². The average molecular weight is 808 g/mol. The van der Waals surface area contributed by atoms with Crippen LogP contribution in [0.4, 0.5) is 0 Å². The van der Waals surface area contributed by atoms with Crippen molar-refractivity contribution in [3.05, 3.63) is 227 Å². The second kappa shape index (κ2) is 16.4. The zero-order valence-corrected chi connectivity index (χ0v) is 33.4. The summed E-state index contributed by atoms with van der Waals surface area (Å²) in [5, 5.41) is 0. The van der Waals surface area contributed by atoms with E-state index in [0.29, 0.717) is 56.0 Å². The fraction of sp³-hybridized carbons (Fsp3) is 0.0392. The van der Waals surface area contributed by atoms with Gasteiger partial charge in [0.25, 0.3) is 10.1 Å². The van der Waals surface area contributed by atoms with Gasteiger partial charge in [0.2, 0.25) is 0 Å². The van der Waals surface area contributed by atoms with Gasteiger partial charge in [-0.1, -0.05) is 78.4 Å². The van der Waals surface area contributed by atoms with Gasteiger partial charge < -0.3 is 9.30 Å². The third kappa shape index (κ3) is 8.40. The summed E-state index contributed by atoms with van der Waals surface area (Å²) in [5.74, 6) is 0.297. The molecule has 7 aromatic carbocycles. The van der Waals surface area contributed by atoms with Gasteiger partial charge in [0.1, 0.15) is 11.5 Å². The highest BCUT2D eigenvalue weighted by atomic mass is 32.2. The maximum absolute atomic E-state index is 14.5. The molecular weight excluding hydrogens is 771 g/mol. The molecule has 0 fully saturated rings. The van der Waals surface area contributed by atoms with Crippen LogP contribution in [0.25, 0.3) is 27.9 Å². The molecule has 1 aromatic heterocycles. The van der Waals surface area contributed by atoms with Crippen molar-refractivity contribution in [1.82, 2.24) is 4.57 Å². The van der Waals surface area contributed by atoms with E-state index in [9.17, 15) is 27.4 Å². The Bertz CT molecular complexity index is 2990. The number of nitrogens with zero attached hydrogens (tertiary/aromatic N) is 1. The van der Waals surface area contributed by atoms with Gasteiger partial charge in [-0.25, -0.2) is 0 Å². The smallest absolute Gasteiger partial charge is 0.294 e. The fourth-order valence-electron chi connectivity index (χ4n) is 6.98. The van der Waals surface area contributed by atoms with Crippen molar-refractivity contribution in [2.24, 2.45) is 0 Å². The van der Waals surface area contributed by atoms with Crippen LogP contribution in [0.1, 0.15) is 58.9 Å². The minimum absolute atomic E-state index is 0.0727. The molecule has 0 saturated carbocycles. The number of ether oxygens (including phenoxy) is 1. The highest BCUT2D eigenvalue weighted by Crippen LogP contribution is 2.33. The van der Waals surface area contributed by atoms with Crippen LogP contribution in [0.5, 0.6) is 11.5 Å². The standard InChI is InChI=1S/C51H37NO7S/c1-33-5-8-36(9-6-33)49(53)37-13-11-35(12-14-37)40-19-28-46(48(31-40)51(55)38-15-20-42(21-16-38)52-29-3-4-30-52)41-10-7-34(2)47(32-41)50(54)39-17-22-43(23-18-39)59-44-24-26-45(27-25-44)60(56,57)58/h3-32H,1-2H3,(H,56,57,58). The van der Waals surface area contributed by atoms with E-state index in [4.69, 9.17) is 4.74 Å². The lowest BCUT2D eigenvalue weighted by molar-refractivity contribution is 0.103. The lowest BCUT2D eigenvalue weighted by Crippen LogP contribution is -2.07. The summed E-state index contributed by atoms with van der Waals surface area (Å²) in [5.41, 5.74) is 8.74. The van der Waals surface area contributed by atoms with Crippen molar-refractivity contribution in [1.29, 1.82) is 0 Å². The first-order valence-corrected chi connectivity index (χ1v) is 20.5. The molecule has 0 atom stereocenters. The molecular formula is C51H37NO7S. The van der Waals surface area contributed by atoms with Gasteiger partial charge in [0.15, 0.2) is 17.3 Å². The molecule has 8 nitrogen and oxygen atoms in total. The number of carbonyl (C=O) groups excluding carboxylic acids is 3. The summed E-state index contributed by atoms with van der Waals surface area (Å²) in [6.45, 7) is 3.84. The molecule has 8 rings (SSSR count). The van der Waals surface area contributed by atoms with E-state index in [-0.39, 0.29) is 22.2 Å². The monoisotopic (exact) mass is 807 g/mol. The summed E-state index contributed by atoms with van der Waals surface area (Å²) in [7, 11) is -4.33. The largest absolute Gasteiger partial charge is 0.457 e. The number of hydrogen-bond acceptors (Lipinski definition) is 6. The maximum atomic E-state index is 14.5. The summed E-state index contributed by atoms with van der Waals surface area (Å²) in [6, 6.07) is 49.3. The molecule has 1 N–H and O–H groups in total. The third-order valence-electron chi connectivity index (χ3n) is 10.4. The van der Waals surface area contributed by atoms with E-state index in [2.05, 4.69) is 0 Å². The van der Waals surface area contributed by atoms with Crippen molar-refractivity contribution in [2.45, 2.75) is 18.7 Å². The quantitative estimate of drug-likeness (QED) is 0.0964. The summed E-state index contributed by atoms with van der Waals surface area (Å²) >= 11 is 0. The molecule has 0 amide bonds. The summed E-state index contributed by atoms with van der Waals surface area (Å²) in [6.07, 6.45) is 3.88. The molecule has 0 bridgehead atoms. The molecule has 1 heterocycles. The molecule has 0 aliphatic carbocycles. The van der Waals surface area contributed by atoms with Crippen molar-refractivity contribution >= 4 is 27.5 Å². The zero-order valence-electron chi connectivity index (χ0n) is 32.6. The molecule has 0 saturated heterocycles. The number of aryl methyl sites for hydroxylation is 2. The van der Waals surface area contributed by atoms with Crippen LogP contribution >= 0.6 is 0 Å². The third-order valence-corrected chi connectivity index (χ3v) is 11.2. The van der Waals surface area contributed by atoms with Gasteiger partial charge in [-0.05, 0) is 139 Å². The first-order valence-electron chi connectivity index (χ1n) is 19.1. The van der Waals surface area contributed by atoms with E-state index in [0.717, 1.165) is 27.9 Å². The van der Waals surface area contributed by atoms with Gasteiger partial charge in [-0.3, -0.25) is 18.9 Å². The van der Waals surface area contributed by atoms with Crippen molar-refractivity contribution < 1.29 is 32.1 Å². The van der Waals surface area contributed by atoms with Crippen molar-refractivity contribution in [2.75, 3.05) is 0 Å². The summed E-state index contributed by atoms with van der Waals surface area (Å²) in [4.78, 5) is 41.5. The minimum atomic E-state index is -4.33. The van der Waals surface area contributed by atoms with E-state index >= 15 is 0 Å². The number of ketones is 3. The topological polar surface area (TPSA) is 120 Å². The van der Waals surface area contributed by atoms with Gasteiger partial charge in [0.05, 0.1) is 4.90 Å². The molecule has 0 unspecified atom stereocenters. The number of carbonyl (C=O) groups is 3. The van der Waals surface area contributed by atoms with Crippen LogP contribution < -0.4 is 4.74 Å². The van der Waals surface area contributed by atoms with Crippen LogP contribution in [0.15, 0.2) is 187 Å². The Morgan fingerprint density at radius 1 is 0.500 bits per heavy atom. The first kappa shape index (κ1) is 39.4. The fourth-order valence-corrected chi connectivity index (χ4v) is 7.46. The van der Waals surface area contributed by atoms with Crippen molar-refractivity contribution in [3.63, 3.8) is 0 Å². The normalized spacial score (nSPS) is 11.2. The van der Waals surface area contributed by atoms with E-state index < -0.39 is 10.1 Å². The van der Waals surface area contributed by atoms with E-state index in [1.165, 1.54) is 24.3 Å². The first-order chi connectivity index (χ1) is 28.9. The minimum Gasteiger partial charge on any atom is -0.457 e. The SMILES string of the molecule is Cc1ccc(C(=O)c2ccc(-c3ccc(-c4ccc(C)c(C(=O)c5ccc(Oc6ccc(S(=O)(=O)O)cc6)cc5)c4)c(C(=O)c4ccc(-n5cccc5)cc4)c3)cc2)cc1. The highest BCUT2D eigenvalue weighted by Gasteiger charge is 2.20. The molecule has 0 spiro atoms. The van der Waals surface area contributed by atoms with Crippen LogP contribution in [0, 0.1) is 13.8 Å². The van der Waals surface area contributed by atoms with Crippen LogP contribution in [0.3, 0.4) is 0 Å². The molecule has 294 valence electrons. The van der Waals surface area contributed by atoms with E-state index in [1.54, 1.807) is 36.4 Å². The van der Waals surface area contributed by atoms with Gasteiger partial charge in [-0.2, -0.15) is 8.42 Å². The second-order valence-electron chi connectivity index (χ2n) is 14.4. The van der Waals surface area contributed by atoms with Crippen LogP contribution in [0.2, 0.25) is 0 Å². The Kier molecular flexibility index (Phi) is 10.8. The van der Waals surface area contributed by atoms with Crippen LogP contribution in [-0.4, -0.2) is 34.9 Å². The van der Waals surface area contributed by atoms with Crippen molar-refractivity contribution in [3.8, 4) is 39.4 Å². The zero-order chi connectivity index (χ0) is 42.0. The average Bonchev–Trinajstić information content (AvgIpc) is 3.82. The predicted molar refractivity (Wildman–Crippen MR) is 232 cm³/mol. The van der Waals surface area contributed by atoms with Gasteiger partial charge in [-0.15, -0.1) is 0 Å². The predicted octanol–water partition coefficient (Wildman–Crippen LogP) is 11.2. The Hall–Kier alpha value is -7.46. The van der Waals surface area contributed by atoms with Crippen LogP contribution in [-0.2, 0) is 10.1 Å². The Morgan fingerprint density at radius 2 is 0.967 bits per heavy atom. The Morgan fingerprint density at radius 3 is 1.57 bits per heavy atom.